The molecule has 1 heterocycles. The largest absolute Gasteiger partial charge is 0.508 e. The highest BCUT2D eigenvalue weighted by atomic mass is 32.2. The van der Waals surface area contributed by atoms with E-state index in [1.54, 1.807) is 30.3 Å². The van der Waals surface area contributed by atoms with E-state index in [2.05, 4.69) is 0 Å². The van der Waals surface area contributed by atoms with Gasteiger partial charge in [0.25, 0.3) is 5.91 Å². The minimum atomic E-state index is -0.202. The van der Waals surface area contributed by atoms with Crippen LogP contribution < -0.4 is 4.90 Å². The standard InChI is InChI=1S/C17H14N2O2S/c1-11-2-6-13(7-3-11)19-16(21)15(22-17(19)18)10-12-4-8-14(20)9-5-12/h2-10,18,20H,1H3/b15-10-,18-17?. The van der Waals surface area contributed by atoms with Crippen LogP contribution in [0.5, 0.6) is 5.75 Å². The predicted molar refractivity (Wildman–Crippen MR) is 90.1 cm³/mol. The van der Waals surface area contributed by atoms with Crippen LogP contribution in [0.1, 0.15) is 11.1 Å². The van der Waals surface area contributed by atoms with Crippen LogP contribution in [0.3, 0.4) is 0 Å². The summed E-state index contributed by atoms with van der Waals surface area (Å²) in [5.74, 6) is -0.0199. The summed E-state index contributed by atoms with van der Waals surface area (Å²) in [6.45, 7) is 1.98. The molecule has 2 aromatic carbocycles. The summed E-state index contributed by atoms with van der Waals surface area (Å²) < 4.78 is 0. The molecule has 22 heavy (non-hydrogen) atoms. The lowest BCUT2D eigenvalue weighted by molar-refractivity contribution is -0.113. The van der Waals surface area contributed by atoms with E-state index in [-0.39, 0.29) is 16.8 Å². The molecule has 110 valence electrons. The van der Waals surface area contributed by atoms with Gasteiger partial charge in [-0.3, -0.25) is 15.1 Å². The molecule has 0 aromatic heterocycles. The van der Waals surface area contributed by atoms with Crippen molar-refractivity contribution >= 4 is 34.6 Å². The van der Waals surface area contributed by atoms with E-state index in [1.807, 2.05) is 31.2 Å². The number of nitrogens with zero attached hydrogens (tertiary/aromatic N) is 1. The molecule has 4 nitrogen and oxygen atoms in total. The number of carbonyl (C=O) groups is 1. The van der Waals surface area contributed by atoms with Crippen LogP contribution in [-0.2, 0) is 4.79 Å². The van der Waals surface area contributed by atoms with Gasteiger partial charge in [-0.25, -0.2) is 0 Å². The first-order chi connectivity index (χ1) is 10.5. The Morgan fingerprint density at radius 3 is 2.36 bits per heavy atom. The smallest absolute Gasteiger partial charge is 0.271 e. The van der Waals surface area contributed by atoms with Crippen molar-refractivity contribution in [2.45, 2.75) is 6.92 Å². The molecule has 1 amide bonds. The van der Waals surface area contributed by atoms with Crippen LogP contribution >= 0.6 is 11.8 Å². The number of phenolic OH excluding ortho intramolecular Hbond substituents is 1. The molecule has 1 aliphatic heterocycles. The summed E-state index contributed by atoms with van der Waals surface area (Å²) in [5.41, 5.74) is 2.61. The maximum Gasteiger partial charge on any atom is 0.271 e. The molecule has 1 aliphatic rings. The first kappa shape index (κ1) is 14.4. The lowest BCUT2D eigenvalue weighted by Crippen LogP contribution is -2.28. The third-order valence-corrected chi connectivity index (χ3v) is 4.19. The second-order valence-corrected chi connectivity index (χ2v) is 6.01. The maximum absolute atomic E-state index is 12.5. The van der Waals surface area contributed by atoms with E-state index in [4.69, 9.17) is 5.41 Å². The number of amidine groups is 1. The number of nitrogens with one attached hydrogen (secondary N) is 1. The van der Waals surface area contributed by atoms with Crippen LogP contribution in [0.4, 0.5) is 5.69 Å². The molecule has 0 saturated carbocycles. The van der Waals surface area contributed by atoms with Gasteiger partial charge in [0.15, 0.2) is 5.17 Å². The number of anilines is 1. The van der Waals surface area contributed by atoms with Gasteiger partial charge in [-0.2, -0.15) is 0 Å². The summed E-state index contributed by atoms with van der Waals surface area (Å²) in [7, 11) is 0. The molecule has 0 atom stereocenters. The number of phenols is 1. The fraction of sp³-hybridized carbons (Fsp3) is 0.0588. The van der Waals surface area contributed by atoms with Gasteiger partial charge in [-0.1, -0.05) is 29.8 Å². The van der Waals surface area contributed by atoms with Gasteiger partial charge < -0.3 is 5.11 Å². The summed E-state index contributed by atoms with van der Waals surface area (Å²) in [5, 5.41) is 17.5. The van der Waals surface area contributed by atoms with Gasteiger partial charge in [0.2, 0.25) is 0 Å². The summed E-state index contributed by atoms with van der Waals surface area (Å²) in [4.78, 5) is 14.4. The van der Waals surface area contributed by atoms with Gasteiger partial charge in [0.1, 0.15) is 5.75 Å². The number of aryl methyl sites for hydroxylation is 1. The number of rotatable bonds is 2. The Labute approximate surface area is 132 Å². The van der Waals surface area contributed by atoms with Crippen molar-refractivity contribution in [1.82, 2.24) is 0 Å². The second kappa shape index (κ2) is 5.69. The first-order valence-electron chi connectivity index (χ1n) is 6.73. The predicted octanol–water partition coefficient (Wildman–Crippen LogP) is 3.76. The normalized spacial score (nSPS) is 16.6. The molecule has 2 N–H and O–H groups in total. The monoisotopic (exact) mass is 310 g/mol. The van der Waals surface area contributed by atoms with Crippen LogP contribution in [0, 0.1) is 12.3 Å². The van der Waals surface area contributed by atoms with Gasteiger partial charge in [-0.05, 0) is 54.6 Å². The maximum atomic E-state index is 12.5. The fourth-order valence-electron chi connectivity index (χ4n) is 2.14. The SMILES string of the molecule is Cc1ccc(N2C(=N)S/C(=C\c3ccc(O)cc3)C2=O)cc1. The third kappa shape index (κ3) is 2.76. The van der Waals surface area contributed by atoms with E-state index < -0.39 is 0 Å². The lowest BCUT2D eigenvalue weighted by atomic mass is 10.2. The van der Waals surface area contributed by atoms with Crippen LogP contribution in [-0.4, -0.2) is 16.2 Å². The van der Waals surface area contributed by atoms with Crippen LogP contribution in [0.15, 0.2) is 53.4 Å². The van der Waals surface area contributed by atoms with E-state index in [0.717, 1.165) is 22.9 Å². The minimum Gasteiger partial charge on any atom is -0.508 e. The number of hydrogen-bond acceptors (Lipinski definition) is 4. The van der Waals surface area contributed by atoms with Crippen molar-refractivity contribution in [2.75, 3.05) is 4.90 Å². The van der Waals surface area contributed by atoms with E-state index in [1.165, 1.54) is 4.90 Å². The molecule has 2 aromatic rings. The Morgan fingerprint density at radius 2 is 1.73 bits per heavy atom. The quantitative estimate of drug-likeness (QED) is 0.830. The molecule has 1 saturated heterocycles. The number of hydrogen-bond donors (Lipinski definition) is 2. The van der Waals surface area contributed by atoms with Crippen molar-refractivity contribution in [1.29, 1.82) is 5.41 Å². The molecule has 0 radical (unpaired) electrons. The average Bonchev–Trinajstić information content (AvgIpc) is 2.77. The molecular weight excluding hydrogens is 296 g/mol. The summed E-state index contributed by atoms with van der Waals surface area (Å²) in [6, 6.07) is 14.1. The van der Waals surface area contributed by atoms with Gasteiger partial charge >= 0.3 is 0 Å². The highest BCUT2D eigenvalue weighted by Crippen LogP contribution is 2.35. The number of benzene rings is 2. The Hall–Kier alpha value is -2.53. The Bertz CT molecular complexity index is 764. The lowest BCUT2D eigenvalue weighted by Gasteiger charge is -2.14. The minimum absolute atomic E-state index is 0.182. The molecule has 0 bridgehead atoms. The Morgan fingerprint density at radius 1 is 1.09 bits per heavy atom. The molecule has 0 spiro atoms. The Balaban J connectivity index is 1.91. The highest BCUT2D eigenvalue weighted by Gasteiger charge is 2.33. The van der Waals surface area contributed by atoms with Crippen molar-refractivity contribution in [3.63, 3.8) is 0 Å². The third-order valence-electron chi connectivity index (χ3n) is 3.31. The number of aromatic hydroxyl groups is 1. The fourth-order valence-corrected chi connectivity index (χ4v) is 3.00. The van der Waals surface area contributed by atoms with Crippen LogP contribution in [0.25, 0.3) is 6.08 Å². The van der Waals surface area contributed by atoms with Crippen molar-refractivity contribution in [2.24, 2.45) is 0 Å². The van der Waals surface area contributed by atoms with Crippen molar-refractivity contribution in [3.8, 4) is 5.75 Å². The molecule has 1 fully saturated rings. The molecule has 0 unspecified atom stereocenters. The average molecular weight is 310 g/mol. The van der Waals surface area contributed by atoms with E-state index in [0.29, 0.717) is 10.6 Å². The molecular formula is C17H14N2O2S. The van der Waals surface area contributed by atoms with Crippen molar-refractivity contribution < 1.29 is 9.90 Å². The van der Waals surface area contributed by atoms with Crippen LogP contribution in [0.2, 0.25) is 0 Å². The second-order valence-electron chi connectivity index (χ2n) is 4.98. The summed E-state index contributed by atoms with van der Waals surface area (Å²) in [6.07, 6.45) is 1.73. The zero-order chi connectivity index (χ0) is 15.7. The Kier molecular flexibility index (Phi) is 3.73. The number of carbonyl (C=O) groups excluding carboxylic acids is 1. The van der Waals surface area contributed by atoms with E-state index in [9.17, 15) is 9.90 Å². The topological polar surface area (TPSA) is 64.4 Å². The molecule has 5 heteroatoms. The van der Waals surface area contributed by atoms with Crippen molar-refractivity contribution in [3.05, 3.63) is 64.6 Å². The molecule has 0 aliphatic carbocycles. The zero-order valence-corrected chi connectivity index (χ0v) is 12.7. The summed E-state index contributed by atoms with van der Waals surface area (Å²) >= 11 is 1.14. The van der Waals surface area contributed by atoms with Gasteiger partial charge in [-0.15, -0.1) is 0 Å². The molecule has 3 rings (SSSR count). The number of amides is 1. The number of thioether (sulfide) groups is 1. The van der Waals surface area contributed by atoms with E-state index >= 15 is 0 Å². The zero-order valence-electron chi connectivity index (χ0n) is 11.9. The van der Waals surface area contributed by atoms with Gasteiger partial charge in [0.05, 0.1) is 10.6 Å². The van der Waals surface area contributed by atoms with Gasteiger partial charge in [0, 0.05) is 0 Å². The highest BCUT2D eigenvalue weighted by molar-refractivity contribution is 8.19. The first-order valence-corrected chi connectivity index (χ1v) is 7.54.